The zero-order chi connectivity index (χ0) is 27.2. The van der Waals surface area contributed by atoms with Crippen molar-refractivity contribution >= 4 is 40.0 Å². The van der Waals surface area contributed by atoms with Crippen LogP contribution in [0.1, 0.15) is 47.5 Å². The van der Waals surface area contributed by atoms with Gasteiger partial charge < -0.3 is 14.8 Å². The van der Waals surface area contributed by atoms with Crippen LogP contribution in [0.4, 0.5) is 13.8 Å². The van der Waals surface area contributed by atoms with Crippen LogP contribution in [0.2, 0.25) is 0 Å². The van der Waals surface area contributed by atoms with Gasteiger partial charge in [-0.25, -0.2) is 4.79 Å². The minimum Gasteiger partial charge on any atom is -0.459 e. The zero-order valence-corrected chi connectivity index (χ0v) is 22.7. The molecule has 1 aromatic carbocycles. The molecule has 4 rings (SSSR count). The van der Waals surface area contributed by atoms with Gasteiger partial charge >= 0.3 is 12.6 Å². The molecule has 0 saturated carbocycles. The van der Waals surface area contributed by atoms with Crippen LogP contribution in [-0.2, 0) is 28.9 Å². The summed E-state index contributed by atoms with van der Waals surface area (Å²) in [5.74, 6) is -0.117. The number of thiophene rings is 1. The molecule has 1 aliphatic rings. The van der Waals surface area contributed by atoms with Gasteiger partial charge in [-0.05, 0) is 69.4 Å². The normalized spacial score (nSPS) is 12.9. The van der Waals surface area contributed by atoms with Gasteiger partial charge in [0.2, 0.25) is 5.91 Å². The summed E-state index contributed by atoms with van der Waals surface area (Å²) in [7, 11) is 0. The van der Waals surface area contributed by atoms with E-state index < -0.39 is 12.6 Å². The number of anilines is 1. The van der Waals surface area contributed by atoms with E-state index in [9.17, 15) is 18.4 Å². The van der Waals surface area contributed by atoms with Crippen LogP contribution in [0.15, 0.2) is 42.1 Å². The Morgan fingerprint density at radius 3 is 2.63 bits per heavy atom. The molecule has 3 aromatic rings. The molecule has 0 atom stereocenters. The van der Waals surface area contributed by atoms with Crippen LogP contribution in [0.25, 0.3) is 11.4 Å². The number of rotatable bonds is 11. The average Bonchev–Trinajstić information content (AvgIpc) is 3.43. The number of nitrogens with one attached hydrogen (secondary N) is 1. The Morgan fingerprint density at radius 2 is 1.95 bits per heavy atom. The maximum atomic E-state index is 12.9. The zero-order valence-electron chi connectivity index (χ0n) is 21.0. The van der Waals surface area contributed by atoms with Crippen LogP contribution in [-0.4, -0.2) is 45.1 Å². The van der Waals surface area contributed by atoms with Gasteiger partial charge in [0.15, 0.2) is 11.0 Å². The summed E-state index contributed by atoms with van der Waals surface area (Å²) in [5, 5.41) is 12.4. The quantitative estimate of drug-likeness (QED) is 0.175. The molecule has 0 fully saturated rings. The first-order chi connectivity index (χ1) is 18.3. The molecule has 0 aliphatic heterocycles. The molecule has 0 radical (unpaired) electrons. The van der Waals surface area contributed by atoms with Crippen molar-refractivity contribution in [2.45, 2.75) is 63.9 Å². The summed E-state index contributed by atoms with van der Waals surface area (Å²) in [5.41, 5.74) is 2.10. The van der Waals surface area contributed by atoms with Crippen molar-refractivity contribution in [1.29, 1.82) is 0 Å². The van der Waals surface area contributed by atoms with Gasteiger partial charge in [-0.15, -0.1) is 28.1 Å². The SMILES string of the molecule is C=CCn1c(SCC(=O)Nc2sc3c(c2C(=O)OC(C)C)CCCC3)nnc1-c1ccc(OC(F)F)cc1. The predicted octanol–water partition coefficient (Wildman–Crippen LogP) is 5.97. The third-order valence-electron chi connectivity index (χ3n) is 5.67. The van der Waals surface area contributed by atoms with E-state index in [1.165, 1.54) is 35.2 Å². The molecule has 1 N–H and O–H groups in total. The molecule has 2 aromatic heterocycles. The van der Waals surface area contributed by atoms with E-state index in [1.807, 2.05) is 0 Å². The van der Waals surface area contributed by atoms with Crippen LogP contribution in [0, 0.1) is 0 Å². The van der Waals surface area contributed by atoms with Gasteiger partial charge in [0, 0.05) is 17.0 Å². The molecule has 202 valence electrons. The van der Waals surface area contributed by atoms with Gasteiger partial charge in [0.05, 0.1) is 17.4 Å². The molecule has 0 spiro atoms. The van der Waals surface area contributed by atoms with Crippen molar-refractivity contribution in [2.75, 3.05) is 11.1 Å². The summed E-state index contributed by atoms with van der Waals surface area (Å²) < 4.78 is 36.6. The highest BCUT2D eigenvalue weighted by molar-refractivity contribution is 7.99. The topological polar surface area (TPSA) is 95.3 Å². The summed E-state index contributed by atoms with van der Waals surface area (Å²) in [4.78, 5) is 26.9. The lowest BCUT2D eigenvalue weighted by molar-refractivity contribution is -0.113. The lowest BCUT2D eigenvalue weighted by Crippen LogP contribution is -2.19. The number of allylic oxidation sites excluding steroid dienone is 1. The van der Waals surface area contributed by atoms with Crippen molar-refractivity contribution < 1.29 is 27.8 Å². The van der Waals surface area contributed by atoms with E-state index in [0.717, 1.165) is 36.1 Å². The fourth-order valence-corrected chi connectivity index (χ4v) is 6.17. The number of aromatic nitrogens is 3. The van der Waals surface area contributed by atoms with Crippen LogP contribution < -0.4 is 10.1 Å². The maximum Gasteiger partial charge on any atom is 0.387 e. The molecule has 0 saturated heterocycles. The number of halogens is 2. The van der Waals surface area contributed by atoms with Gasteiger partial charge in [-0.3, -0.25) is 9.36 Å². The highest BCUT2D eigenvalue weighted by Gasteiger charge is 2.28. The number of carbonyl (C=O) groups is 2. The minimum atomic E-state index is -2.91. The van der Waals surface area contributed by atoms with Crippen molar-refractivity contribution in [3.63, 3.8) is 0 Å². The van der Waals surface area contributed by atoms with E-state index in [-0.39, 0.29) is 23.5 Å². The molecule has 0 bridgehead atoms. The highest BCUT2D eigenvalue weighted by Crippen LogP contribution is 2.39. The van der Waals surface area contributed by atoms with E-state index in [1.54, 1.807) is 36.6 Å². The number of carbonyl (C=O) groups excluding carboxylic acids is 2. The van der Waals surface area contributed by atoms with Crippen LogP contribution in [0.5, 0.6) is 5.75 Å². The van der Waals surface area contributed by atoms with Crippen molar-refractivity contribution in [3.05, 3.63) is 52.9 Å². The predicted molar refractivity (Wildman–Crippen MR) is 143 cm³/mol. The first kappa shape index (κ1) is 27.8. The number of amides is 1. The highest BCUT2D eigenvalue weighted by atomic mass is 32.2. The van der Waals surface area contributed by atoms with Crippen LogP contribution >= 0.6 is 23.1 Å². The monoisotopic (exact) mass is 562 g/mol. The number of aryl methyl sites for hydroxylation is 1. The molecule has 38 heavy (non-hydrogen) atoms. The smallest absolute Gasteiger partial charge is 0.387 e. The van der Waals surface area contributed by atoms with Gasteiger partial charge in [-0.1, -0.05) is 17.8 Å². The first-order valence-corrected chi connectivity index (χ1v) is 13.9. The van der Waals surface area contributed by atoms with Gasteiger partial charge in [0.1, 0.15) is 10.8 Å². The molecular formula is C26H28F2N4O4S2. The maximum absolute atomic E-state index is 12.9. The summed E-state index contributed by atoms with van der Waals surface area (Å²) in [6.07, 6.45) is 5.14. The standard InChI is InChI=1S/C26H28F2N4O4S2/c1-4-13-32-22(16-9-11-17(12-10-16)36-25(27)28)30-31-26(32)37-14-20(33)29-23-21(24(34)35-15(2)3)18-7-5-6-8-19(18)38-23/h4,9-12,15,25H,1,5-8,13-14H2,2-3H3,(H,29,33). The van der Waals surface area contributed by atoms with E-state index in [2.05, 4.69) is 26.8 Å². The average molecular weight is 563 g/mol. The number of hydrogen-bond acceptors (Lipinski definition) is 8. The van der Waals surface area contributed by atoms with E-state index in [0.29, 0.717) is 33.7 Å². The first-order valence-electron chi connectivity index (χ1n) is 12.1. The summed E-state index contributed by atoms with van der Waals surface area (Å²) in [6.45, 7) is 4.84. The van der Waals surface area contributed by atoms with Gasteiger partial charge in [-0.2, -0.15) is 8.78 Å². The Balaban J connectivity index is 1.48. The number of fused-ring (bicyclic) bond motifs is 1. The molecular weight excluding hydrogens is 534 g/mol. The summed E-state index contributed by atoms with van der Waals surface area (Å²) in [6, 6.07) is 6.08. The van der Waals surface area contributed by atoms with Crippen molar-refractivity contribution in [3.8, 4) is 17.1 Å². The molecule has 2 heterocycles. The Kier molecular flexibility index (Phi) is 9.16. The van der Waals surface area contributed by atoms with Crippen molar-refractivity contribution in [1.82, 2.24) is 14.8 Å². The Hall–Kier alpha value is -3.25. The molecule has 1 amide bonds. The molecule has 12 heteroatoms. The number of benzene rings is 1. The lowest BCUT2D eigenvalue weighted by atomic mass is 9.95. The lowest BCUT2D eigenvalue weighted by Gasteiger charge is -2.14. The fourth-order valence-electron chi connectivity index (χ4n) is 4.12. The third-order valence-corrected chi connectivity index (χ3v) is 7.84. The van der Waals surface area contributed by atoms with Crippen molar-refractivity contribution in [2.24, 2.45) is 0 Å². The number of nitrogens with zero attached hydrogens (tertiary/aromatic N) is 3. The molecule has 8 nitrogen and oxygen atoms in total. The van der Waals surface area contributed by atoms with Gasteiger partial charge in [0.25, 0.3) is 0 Å². The Bertz CT molecular complexity index is 1310. The van der Waals surface area contributed by atoms with Crippen LogP contribution in [0.3, 0.4) is 0 Å². The van der Waals surface area contributed by atoms with E-state index >= 15 is 0 Å². The second-order valence-corrected chi connectivity index (χ2v) is 10.9. The largest absolute Gasteiger partial charge is 0.459 e. The van der Waals surface area contributed by atoms with E-state index in [4.69, 9.17) is 4.74 Å². The second kappa shape index (κ2) is 12.5. The Morgan fingerprint density at radius 1 is 1.21 bits per heavy atom. The Labute approximate surface area is 227 Å². The summed E-state index contributed by atoms with van der Waals surface area (Å²) >= 11 is 2.63. The number of esters is 1. The minimum absolute atomic E-state index is 0.0386. The fraction of sp³-hybridized carbons (Fsp3) is 0.385. The number of hydrogen-bond donors (Lipinski definition) is 1. The number of thioether (sulfide) groups is 1. The third kappa shape index (κ3) is 6.60. The number of ether oxygens (including phenoxy) is 2. The number of alkyl halides is 2. The molecule has 1 aliphatic carbocycles. The second-order valence-electron chi connectivity index (χ2n) is 8.81. The molecule has 0 unspecified atom stereocenters.